The molecule has 0 rings (SSSR count). The Morgan fingerprint density at radius 1 is 1.22 bits per heavy atom. The number of hydrogen-bond donors (Lipinski definition) is 3. The van der Waals surface area contributed by atoms with Crippen molar-refractivity contribution in [2.75, 3.05) is 5.75 Å². The molecule has 0 aromatic rings. The van der Waals surface area contributed by atoms with Gasteiger partial charge in [0.15, 0.2) is 0 Å². The molecule has 0 fully saturated rings. The van der Waals surface area contributed by atoms with E-state index >= 15 is 0 Å². The molecule has 7 nitrogen and oxygen atoms in total. The van der Waals surface area contributed by atoms with Gasteiger partial charge in [-0.1, -0.05) is 0 Å². The Balaban J connectivity index is 4.57. The van der Waals surface area contributed by atoms with Crippen LogP contribution in [0, 0.1) is 0 Å². The summed E-state index contributed by atoms with van der Waals surface area (Å²) in [6, 6.07) is -1.72. The zero-order valence-corrected chi connectivity index (χ0v) is 16.7. The Labute approximate surface area is 152 Å². The molecule has 0 aromatic heterocycles. The summed E-state index contributed by atoms with van der Waals surface area (Å²) in [6.07, 6.45) is 0.421. The maximum atomic E-state index is 12.2. The molecule has 0 amide bonds. The normalized spacial score (nSPS) is 15.5. The standard InChI is InChI=1S/C13H23N2O5S2Se/c1-13(2,3)20-11(18)9(6-8(15)12(19)23)22-21-5-4-7(14)10(16)17/h7-9H,4-6,14-15H2,1-3H3,(H,16,17). The van der Waals surface area contributed by atoms with Crippen LogP contribution in [0.25, 0.3) is 0 Å². The second-order valence-corrected chi connectivity index (χ2v) is 9.37. The van der Waals surface area contributed by atoms with E-state index in [9.17, 15) is 14.4 Å². The fraction of sp³-hybridized carbons (Fsp3) is 0.769. The summed E-state index contributed by atoms with van der Waals surface area (Å²) >= 11 is 2.31. The number of ether oxygens (including phenoxy) is 1. The number of carbonyl (C=O) groups is 3. The molecule has 3 unspecified atom stereocenters. The first-order valence-corrected chi connectivity index (χ1v) is 10.1. The second-order valence-electron chi connectivity index (χ2n) is 5.83. The molecule has 3 atom stereocenters. The first kappa shape index (κ1) is 22.7. The molecule has 0 aliphatic carbocycles. The summed E-state index contributed by atoms with van der Waals surface area (Å²) in [5, 5.41) is 8.10. The number of carboxylic acids is 1. The van der Waals surface area contributed by atoms with Crippen LogP contribution >= 0.6 is 21.6 Å². The number of carboxylic acid groups (broad SMARTS) is 1. The van der Waals surface area contributed by atoms with Crippen molar-refractivity contribution in [3.63, 3.8) is 0 Å². The number of nitrogens with two attached hydrogens (primary N) is 2. The van der Waals surface area contributed by atoms with Gasteiger partial charge in [-0.2, -0.15) is 0 Å². The topological polar surface area (TPSA) is 133 Å². The molecule has 1 radical (unpaired) electrons. The summed E-state index contributed by atoms with van der Waals surface area (Å²) in [5.74, 6) is -1.05. The Bertz CT molecular complexity index is 431. The Morgan fingerprint density at radius 2 is 1.78 bits per heavy atom. The predicted molar refractivity (Wildman–Crippen MR) is 93.3 cm³/mol. The Morgan fingerprint density at radius 3 is 2.22 bits per heavy atom. The van der Waals surface area contributed by atoms with Gasteiger partial charge in [0.25, 0.3) is 0 Å². The Hall–Kier alpha value is -0.251. The van der Waals surface area contributed by atoms with Gasteiger partial charge >= 0.3 is 152 Å². The van der Waals surface area contributed by atoms with Gasteiger partial charge in [0.1, 0.15) is 0 Å². The molecule has 0 bridgehead atoms. The molecule has 23 heavy (non-hydrogen) atoms. The first-order valence-electron chi connectivity index (χ1n) is 6.90. The summed E-state index contributed by atoms with van der Waals surface area (Å²) in [5.41, 5.74) is 10.5. The quantitative estimate of drug-likeness (QED) is 0.194. The number of aliphatic carboxylic acids is 1. The molecule has 0 saturated heterocycles. The number of carbonyl (C=O) groups excluding carboxylic acids is 2. The fourth-order valence-electron chi connectivity index (χ4n) is 1.30. The summed E-state index contributed by atoms with van der Waals surface area (Å²) < 4.78 is 5.01. The van der Waals surface area contributed by atoms with Crippen molar-refractivity contribution >= 4 is 54.2 Å². The van der Waals surface area contributed by atoms with Crippen LogP contribution in [0.1, 0.15) is 33.6 Å². The van der Waals surface area contributed by atoms with Crippen molar-refractivity contribution in [1.82, 2.24) is 0 Å². The molecule has 5 N–H and O–H groups in total. The van der Waals surface area contributed by atoms with Crippen molar-refractivity contribution in [2.45, 2.75) is 56.5 Å². The molecule has 0 saturated carbocycles. The van der Waals surface area contributed by atoms with Gasteiger partial charge in [-0.25, -0.2) is 0 Å². The number of esters is 1. The van der Waals surface area contributed by atoms with Crippen LogP contribution in [0.2, 0.25) is 0 Å². The van der Waals surface area contributed by atoms with Crippen molar-refractivity contribution in [3.8, 4) is 0 Å². The summed E-state index contributed by atoms with van der Waals surface area (Å²) in [6.45, 7) is 5.26. The molecular weight excluding hydrogens is 407 g/mol. The van der Waals surface area contributed by atoms with Gasteiger partial charge in [0, 0.05) is 0 Å². The molecule has 133 valence electrons. The van der Waals surface area contributed by atoms with E-state index in [1.807, 2.05) is 0 Å². The van der Waals surface area contributed by atoms with E-state index in [-0.39, 0.29) is 17.5 Å². The van der Waals surface area contributed by atoms with Gasteiger partial charge in [-0.15, -0.1) is 0 Å². The summed E-state index contributed by atoms with van der Waals surface area (Å²) in [4.78, 5) is 34.1. The van der Waals surface area contributed by atoms with Crippen molar-refractivity contribution in [2.24, 2.45) is 11.5 Å². The summed E-state index contributed by atoms with van der Waals surface area (Å²) in [7, 11) is 2.53. The average molecular weight is 430 g/mol. The van der Waals surface area contributed by atoms with Crippen LogP contribution in [0.5, 0.6) is 0 Å². The third-order valence-corrected chi connectivity index (χ3v) is 5.85. The van der Waals surface area contributed by atoms with E-state index in [0.717, 1.165) is 0 Å². The molecule has 0 aliphatic rings. The van der Waals surface area contributed by atoms with Crippen LogP contribution in [0.15, 0.2) is 0 Å². The van der Waals surface area contributed by atoms with E-state index in [4.69, 9.17) is 21.3 Å². The van der Waals surface area contributed by atoms with Gasteiger partial charge in [-0.3, -0.25) is 0 Å². The molecule has 0 aromatic carbocycles. The molecular formula is C13H23N2O5S2Se. The predicted octanol–water partition coefficient (Wildman–Crippen LogP) is 0.293. The van der Waals surface area contributed by atoms with Crippen LogP contribution in [-0.2, 0) is 19.1 Å². The van der Waals surface area contributed by atoms with Gasteiger partial charge in [0.2, 0.25) is 0 Å². The third-order valence-electron chi connectivity index (χ3n) is 2.45. The van der Waals surface area contributed by atoms with E-state index in [1.54, 1.807) is 20.8 Å². The molecule has 0 aliphatic heterocycles. The van der Waals surface area contributed by atoms with Crippen LogP contribution in [0.4, 0.5) is 0 Å². The van der Waals surface area contributed by atoms with E-state index in [2.05, 4.69) is 16.0 Å². The van der Waals surface area contributed by atoms with E-state index in [0.29, 0.717) is 5.75 Å². The van der Waals surface area contributed by atoms with Crippen molar-refractivity contribution in [1.29, 1.82) is 0 Å². The fourth-order valence-corrected chi connectivity index (χ4v) is 4.06. The molecule has 0 spiro atoms. The Kier molecular flexibility index (Phi) is 10.5. The average Bonchev–Trinajstić information content (AvgIpc) is 2.39. The van der Waals surface area contributed by atoms with E-state index < -0.39 is 34.9 Å². The molecule has 10 heteroatoms. The molecule has 0 heterocycles. The minimum absolute atomic E-state index is 0.142. The van der Waals surface area contributed by atoms with Crippen molar-refractivity contribution < 1.29 is 24.2 Å². The third kappa shape index (κ3) is 11.0. The second kappa shape index (κ2) is 10.6. The van der Waals surface area contributed by atoms with Crippen LogP contribution < -0.4 is 11.5 Å². The SMILES string of the molecule is CC(C)(C)OC(=O)C(CC(N)C(=O)[Se])SSCCC(N)C(=O)O. The van der Waals surface area contributed by atoms with E-state index in [1.165, 1.54) is 21.6 Å². The zero-order valence-electron chi connectivity index (χ0n) is 13.3. The number of hydrogen-bond acceptors (Lipinski definition) is 8. The van der Waals surface area contributed by atoms with Gasteiger partial charge < -0.3 is 0 Å². The van der Waals surface area contributed by atoms with Gasteiger partial charge in [-0.05, 0) is 0 Å². The first-order chi connectivity index (χ1) is 10.4. The zero-order chi connectivity index (χ0) is 18.2. The van der Waals surface area contributed by atoms with Crippen LogP contribution in [-0.4, -0.2) is 66.4 Å². The van der Waals surface area contributed by atoms with Crippen LogP contribution in [0.3, 0.4) is 0 Å². The number of rotatable bonds is 10. The monoisotopic (exact) mass is 431 g/mol. The van der Waals surface area contributed by atoms with Crippen molar-refractivity contribution in [3.05, 3.63) is 0 Å². The minimum atomic E-state index is -1.06. The van der Waals surface area contributed by atoms with Gasteiger partial charge in [0.05, 0.1) is 0 Å². The maximum absolute atomic E-state index is 12.2.